The predicted molar refractivity (Wildman–Crippen MR) is 93.1 cm³/mol. The van der Waals surface area contributed by atoms with E-state index in [1.54, 1.807) is 43.5 Å². The van der Waals surface area contributed by atoms with Gasteiger partial charge in [-0.15, -0.1) is 0 Å². The molecule has 0 spiro atoms. The summed E-state index contributed by atoms with van der Waals surface area (Å²) in [5.74, 6) is 0.861. The molecule has 0 radical (unpaired) electrons. The van der Waals surface area contributed by atoms with Gasteiger partial charge >= 0.3 is 0 Å². The first-order chi connectivity index (χ1) is 11.5. The van der Waals surface area contributed by atoms with E-state index in [4.69, 9.17) is 32.5 Å². The summed E-state index contributed by atoms with van der Waals surface area (Å²) in [6, 6.07) is 8.58. The molecule has 1 aromatic carbocycles. The molecule has 3 rings (SSSR count). The summed E-state index contributed by atoms with van der Waals surface area (Å²) >= 11 is 12.5. The molecule has 0 aliphatic heterocycles. The van der Waals surface area contributed by atoms with Gasteiger partial charge in [0.1, 0.15) is 11.5 Å². The molecule has 2 heterocycles. The number of hydrogen-bond donors (Lipinski definition) is 0. The number of aromatic nitrogens is 2. The second-order valence-corrected chi connectivity index (χ2v) is 5.99. The predicted octanol–water partition coefficient (Wildman–Crippen LogP) is 4.18. The van der Waals surface area contributed by atoms with Crippen molar-refractivity contribution in [2.24, 2.45) is 0 Å². The average molecular weight is 365 g/mol. The Labute approximate surface area is 148 Å². The maximum atomic E-state index is 12.4. The minimum absolute atomic E-state index is 0.239. The third kappa shape index (κ3) is 2.92. The van der Waals surface area contributed by atoms with E-state index in [0.717, 1.165) is 5.56 Å². The molecule has 24 heavy (non-hydrogen) atoms. The standard InChI is InChI=1S/C17H14Cl2N2O3/c1-10-11(9-21-8-4-7-14(23-2)17(21)22)16(20-24-10)15-12(18)5-3-6-13(15)19/h3-8H,9H2,1-2H3. The monoisotopic (exact) mass is 364 g/mol. The van der Waals surface area contributed by atoms with Crippen LogP contribution in [0.4, 0.5) is 0 Å². The molecule has 0 aliphatic rings. The fraction of sp³-hybridized carbons (Fsp3) is 0.176. The Morgan fingerprint density at radius 2 is 1.92 bits per heavy atom. The molecule has 0 atom stereocenters. The third-order valence-electron chi connectivity index (χ3n) is 3.72. The minimum Gasteiger partial charge on any atom is -0.491 e. The number of hydrogen-bond acceptors (Lipinski definition) is 4. The zero-order valence-electron chi connectivity index (χ0n) is 13.0. The Hall–Kier alpha value is -2.24. The van der Waals surface area contributed by atoms with Crippen LogP contribution in [0, 0.1) is 6.92 Å². The lowest BCUT2D eigenvalue weighted by Gasteiger charge is -2.09. The van der Waals surface area contributed by atoms with Crippen LogP contribution >= 0.6 is 23.2 Å². The van der Waals surface area contributed by atoms with Gasteiger partial charge in [0, 0.05) is 17.3 Å². The molecule has 0 amide bonds. The lowest BCUT2D eigenvalue weighted by atomic mass is 10.1. The molecule has 0 fully saturated rings. The third-order valence-corrected chi connectivity index (χ3v) is 4.35. The maximum Gasteiger partial charge on any atom is 0.293 e. The highest BCUT2D eigenvalue weighted by Crippen LogP contribution is 2.36. The van der Waals surface area contributed by atoms with Crippen molar-refractivity contribution >= 4 is 23.2 Å². The van der Waals surface area contributed by atoms with Gasteiger partial charge in [0.25, 0.3) is 5.56 Å². The molecule has 2 aromatic heterocycles. The molecule has 0 N–H and O–H groups in total. The van der Waals surface area contributed by atoms with Crippen molar-refractivity contribution < 1.29 is 9.26 Å². The molecular formula is C17H14Cl2N2O3. The van der Waals surface area contributed by atoms with E-state index >= 15 is 0 Å². The number of methoxy groups -OCH3 is 1. The Kier molecular flexibility index (Phi) is 4.64. The zero-order valence-corrected chi connectivity index (χ0v) is 14.6. The first kappa shape index (κ1) is 16.6. The fourth-order valence-electron chi connectivity index (χ4n) is 2.46. The van der Waals surface area contributed by atoms with Crippen LogP contribution in [0.2, 0.25) is 10.0 Å². The summed E-state index contributed by atoms with van der Waals surface area (Å²) in [6.45, 7) is 2.05. The highest BCUT2D eigenvalue weighted by molar-refractivity contribution is 6.39. The highest BCUT2D eigenvalue weighted by Gasteiger charge is 2.20. The molecule has 5 nitrogen and oxygen atoms in total. The lowest BCUT2D eigenvalue weighted by Crippen LogP contribution is -2.21. The Morgan fingerprint density at radius 3 is 2.58 bits per heavy atom. The molecule has 0 saturated heterocycles. The lowest BCUT2D eigenvalue weighted by molar-refractivity contribution is 0.396. The number of rotatable bonds is 4. The first-order valence-corrected chi connectivity index (χ1v) is 7.91. The van der Waals surface area contributed by atoms with Crippen LogP contribution in [0.3, 0.4) is 0 Å². The van der Waals surface area contributed by atoms with Gasteiger partial charge in [-0.25, -0.2) is 0 Å². The van der Waals surface area contributed by atoms with Crippen LogP contribution in [0.25, 0.3) is 11.3 Å². The fourth-order valence-corrected chi connectivity index (χ4v) is 3.04. The normalized spacial score (nSPS) is 10.8. The van der Waals surface area contributed by atoms with Crippen LogP contribution in [0.15, 0.2) is 45.8 Å². The van der Waals surface area contributed by atoms with Gasteiger partial charge in [0.05, 0.1) is 23.7 Å². The van der Waals surface area contributed by atoms with Gasteiger partial charge in [0.2, 0.25) is 0 Å². The van der Waals surface area contributed by atoms with Gasteiger partial charge < -0.3 is 13.8 Å². The van der Waals surface area contributed by atoms with E-state index in [1.807, 2.05) is 0 Å². The molecular weight excluding hydrogens is 351 g/mol. The first-order valence-electron chi connectivity index (χ1n) is 7.16. The van der Waals surface area contributed by atoms with Crippen LogP contribution in [-0.2, 0) is 6.54 Å². The van der Waals surface area contributed by atoms with Gasteiger partial charge in [-0.1, -0.05) is 34.4 Å². The van der Waals surface area contributed by atoms with Gasteiger partial charge in [-0.3, -0.25) is 4.79 Å². The summed E-state index contributed by atoms with van der Waals surface area (Å²) in [5.41, 5.74) is 1.61. The van der Waals surface area contributed by atoms with Crippen LogP contribution in [0.5, 0.6) is 5.75 Å². The Bertz CT molecular complexity index is 927. The summed E-state index contributed by atoms with van der Waals surface area (Å²) in [4.78, 5) is 12.4. The highest BCUT2D eigenvalue weighted by atomic mass is 35.5. The van der Waals surface area contributed by atoms with E-state index in [-0.39, 0.29) is 17.9 Å². The van der Waals surface area contributed by atoms with Crippen molar-refractivity contribution in [3.63, 3.8) is 0 Å². The number of aryl methyl sites for hydroxylation is 1. The van der Waals surface area contributed by atoms with E-state index < -0.39 is 0 Å². The number of ether oxygens (including phenoxy) is 1. The van der Waals surface area contributed by atoms with Crippen molar-refractivity contribution in [2.75, 3.05) is 7.11 Å². The van der Waals surface area contributed by atoms with Crippen LogP contribution in [-0.4, -0.2) is 16.8 Å². The summed E-state index contributed by atoms with van der Waals surface area (Å²) in [6.07, 6.45) is 1.68. The smallest absolute Gasteiger partial charge is 0.293 e. The summed E-state index contributed by atoms with van der Waals surface area (Å²) in [7, 11) is 1.46. The van der Waals surface area contributed by atoms with E-state index in [0.29, 0.717) is 27.1 Å². The second-order valence-electron chi connectivity index (χ2n) is 5.17. The van der Waals surface area contributed by atoms with Crippen molar-refractivity contribution in [1.82, 2.24) is 9.72 Å². The molecule has 0 saturated carbocycles. The van der Waals surface area contributed by atoms with E-state index in [2.05, 4.69) is 5.16 Å². The molecule has 0 aliphatic carbocycles. The quantitative estimate of drug-likeness (QED) is 0.696. The average Bonchev–Trinajstić information content (AvgIpc) is 2.90. The number of halogens is 2. The van der Waals surface area contributed by atoms with Crippen molar-refractivity contribution in [2.45, 2.75) is 13.5 Å². The molecule has 0 unspecified atom stereocenters. The van der Waals surface area contributed by atoms with Crippen LogP contribution in [0.1, 0.15) is 11.3 Å². The number of benzene rings is 1. The van der Waals surface area contributed by atoms with Crippen molar-refractivity contribution in [3.8, 4) is 17.0 Å². The van der Waals surface area contributed by atoms with Crippen molar-refractivity contribution in [1.29, 1.82) is 0 Å². The molecule has 124 valence electrons. The minimum atomic E-state index is -0.239. The largest absolute Gasteiger partial charge is 0.491 e. The SMILES string of the molecule is COc1cccn(Cc2c(-c3c(Cl)cccc3Cl)noc2C)c1=O. The van der Waals surface area contributed by atoms with E-state index in [1.165, 1.54) is 11.7 Å². The van der Waals surface area contributed by atoms with Gasteiger partial charge in [0.15, 0.2) is 5.75 Å². The van der Waals surface area contributed by atoms with E-state index in [9.17, 15) is 4.79 Å². The number of pyridine rings is 1. The maximum absolute atomic E-state index is 12.4. The van der Waals surface area contributed by atoms with Gasteiger partial charge in [-0.2, -0.15) is 0 Å². The Balaban J connectivity index is 2.11. The summed E-state index contributed by atoms with van der Waals surface area (Å²) in [5, 5.41) is 5.02. The topological polar surface area (TPSA) is 57.3 Å². The van der Waals surface area contributed by atoms with Crippen LogP contribution < -0.4 is 10.3 Å². The molecule has 0 bridgehead atoms. The van der Waals surface area contributed by atoms with Gasteiger partial charge in [-0.05, 0) is 31.2 Å². The molecule has 3 aromatic rings. The second kappa shape index (κ2) is 6.71. The molecule has 7 heteroatoms. The Morgan fingerprint density at radius 1 is 1.21 bits per heavy atom. The van der Waals surface area contributed by atoms with Crippen molar-refractivity contribution in [3.05, 3.63) is 68.3 Å². The summed E-state index contributed by atoms with van der Waals surface area (Å²) < 4.78 is 11.9. The zero-order chi connectivity index (χ0) is 17.3. The number of nitrogens with zero attached hydrogens (tertiary/aromatic N) is 2.